The molecule has 0 rings (SSSR count). The van der Waals surface area contributed by atoms with Crippen LogP contribution >= 0.6 is 0 Å². The lowest BCUT2D eigenvalue weighted by atomic mass is 10.0. The van der Waals surface area contributed by atoms with Crippen molar-refractivity contribution in [2.24, 2.45) is 5.92 Å². The summed E-state index contributed by atoms with van der Waals surface area (Å²) in [4.78, 5) is 46.2. The first-order valence-corrected chi connectivity index (χ1v) is 13.7. The Hall–Kier alpha value is -1.88. The molecule has 2 N–H and O–H groups in total. The van der Waals surface area contributed by atoms with Crippen LogP contribution in [0.2, 0.25) is 0 Å². The molecule has 10 heteroatoms. The normalized spacial score (nSPS) is 11.8. The van der Waals surface area contributed by atoms with Gasteiger partial charge in [-0.05, 0) is 32.6 Å². The predicted molar refractivity (Wildman–Crippen MR) is 141 cm³/mol. The molecule has 0 bridgehead atoms. The van der Waals surface area contributed by atoms with Crippen molar-refractivity contribution < 1.29 is 38.1 Å². The Morgan fingerprint density at radius 1 is 0.649 bits per heavy atom. The Balaban J connectivity index is 3.36. The van der Waals surface area contributed by atoms with Crippen molar-refractivity contribution in [3.8, 4) is 0 Å². The monoisotopic (exact) mass is 530 g/mol. The van der Waals surface area contributed by atoms with E-state index in [0.29, 0.717) is 71.2 Å². The molecule has 37 heavy (non-hydrogen) atoms. The van der Waals surface area contributed by atoms with E-state index < -0.39 is 0 Å². The highest BCUT2D eigenvalue weighted by molar-refractivity contribution is 5.78. The molecule has 0 unspecified atom stereocenters. The van der Waals surface area contributed by atoms with E-state index in [-0.39, 0.29) is 43.3 Å². The zero-order chi connectivity index (χ0) is 27.6. The Morgan fingerprint density at radius 3 is 1.84 bits per heavy atom. The van der Waals surface area contributed by atoms with Gasteiger partial charge in [0, 0.05) is 38.5 Å². The summed E-state index contributed by atoms with van der Waals surface area (Å²) < 4.78 is 21.3. The third kappa shape index (κ3) is 25.5. The maximum absolute atomic E-state index is 11.7. The van der Waals surface area contributed by atoms with Gasteiger partial charge in [-0.3, -0.25) is 19.2 Å². The number of hydrogen-bond donors (Lipinski definition) is 2. The summed E-state index contributed by atoms with van der Waals surface area (Å²) in [6.45, 7) is 8.66. The number of ketones is 2. The molecule has 0 saturated carbocycles. The molecule has 0 heterocycles. The van der Waals surface area contributed by atoms with Gasteiger partial charge in [-0.15, -0.1) is 0 Å². The molecule has 10 nitrogen and oxygen atoms in total. The molecule has 0 aromatic carbocycles. The summed E-state index contributed by atoms with van der Waals surface area (Å²) in [6, 6.07) is 0. The largest absolute Gasteiger partial charge is 0.379 e. The second kappa shape index (κ2) is 25.8. The quantitative estimate of drug-likeness (QED) is 0.155. The van der Waals surface area contributed by atoms with Crippen LogP contribution in [0.15, 0.2) is 0 Å². The summed E-state index contributed by atoms with van der Waals surface area (Å²) in [5.74, 6) is 0.160. The van der Waals surface area contributed by atoms with E-state index in [1.54, 1.807) is 6.92 Å². The van der Waals surface area contributed by atoms with Crippen LogP contribution in [0, 0.1) is 5.92 Å². The van der Waals surface area contributed by atoms with E-state index in [1.807, 2.05) is 6.92 Å². The van der Waals surface area contributed by atoms with E-state index in [0.717, 1.165) is 38.5 Å². The molecule has 0 saturated heterocycles. The third-order valence-corrected chi connectivity index (χ3v) is 5.66. The summed E-state index contributed by atoms with van der Waals surface area (Å²) in [6.07, 6.45) is 7.69. The molecule has 0 aliphatic heterocycles. The molecule has 0 aliphatic rings. The minimum atomic E-state index is -0.232. The molecule has 0 radical (unpaired) electrons. The van der Waals surface area contributed by atoms with Gasteiger partial charge in [0.2, 0.25) is 11.8 Å². The van der Waals surface area contributed by atoms with Crippen LogP contribution in [0.4, 0.5) is 0 Å². The molecule has 0 aliphatic carbocycles. The molecular formula is C27H50N2O8. The summed E-state index contributed by atoms with van der Waals surface area (Å²) >= 11 is 0. The number of hydrogen-bond acceptors (Lipinski definition) is 8. The highest BCUT2D eigenvalue weighted by Crippen LogP contribution is 2.08. The second-order valence-electron chi connectivity index (χ2n) is 9.14. The SMILES string of the molecule is CCCCCC(=O)CCCOCCOCC(=O)NCCOCCOCC(=O)NCCCC[C@H](C)C(C)=O. The Morgan fingerprint density at radius 2 is 1.22 bits per heavy atom. The number of carbonyl (C=O) groups excluding carboxylic acids is 4. The van der Waals surface area contributed by atoms with Gasteiger partial charge >= 0.3 is 0 Å². The van der Waals surface area contributed by atoms with E-state index in [4.69, 9.17) is 18.9 Å². The van der Waals surface area contributed by atoms with Gasteiger partial charge in [0.15, 0.2) is 0 Å². The van der Waals surface area contributed by atoms with Crippen molar-refractivity contribution in [1.82, 2.24) is 10.6 Å². The smallest absolute Gasteiger partial charge is 0.246 e. The topological polar surface area (TPSA) is 129 Å². The van der Waals surface area contributed by atoms with Gasteiger partial charge in [0.1, 0.15) is 24.8 Å². The van der Waals surface area contributed by atoms with E-state index in [9.17, 15) is 19.2 Å². The Labute approximate surface area is 222 Å². The van der Waals surface area contributed by atoms with Crippen molar-refractivity contribution >= 4 is 23.4 Å². The maximum Gasteiger partial charge on any atom is 0.246 e. The van der Waals surface area contributed by atoms with Crippen molar-refractivity contribution in [2.45, 2.75) is 78.6 Å². The highest BCUT2D eigenvalue weighted by atomic mass is 16.5. The number of nitrogens with one attached hydrogen (secondary N) is 2. The first-order chi connectivity index (χ1) is 17.9. The third-order valence-electron chi connectivity index (χ3n) is 5.66. The average Bonchev–Trinajstić information content (AvgIpc) is 2.86. The van der Waals surface area contributed by atoms with Gasteiger partial charge in [0.05, 0.1) is 33.0 Å². The van der Waals surface area contributed by atoms with Gasteiger partial charge in [0.25, 0.3) is 0 Å². The molecule has 2 amide bonds. The van der Waals surface area contributed by atoms with Crippen LogP contribution in [-0.2, 0) is 38.1 Å². The van der Waals surface area contributed by atoms with Crippen molar-refractivity contribution in [3.05, 3.63) is 0 Å². The average molecular weight is 531 g/mol. The van der Waals surface area contributed by atoms with Crippen molar-refractivity contribution in [2.75, 3.05) is 65.9 Å². The first-order valence-electron chi connectivity index (χ1n) is 13.7. The van der Waals surface area contributed by atoms with E-state index in [1.165, 1.54) is 0 Å². The van der Waals surface area contributed by atoms with Crippen molar-refractivity contribution in [1.29, 1.82) is 0 Å². The van der Waals surface area contributed by atoms with E-state index >= 15 is 0 Å². The highest BCUT2D eigenvalue weighted by Gasteiger charge is 2.07. The van der Waals surface area contributed by atoms with Gasteiger partial charge in [-0.25, -0.2) is 0 Å². The predicted octanol–water partition coefficient (Wildman–Crippen LogP) is 2.61. The number of carbonyl (C=O) groups is 4. The molecule has 216 valence electrons. The molecular weight excluding hydrogens is 480 g/mol. The second-order valence-corrected chi connectivity index (χ2v) is 9.14. The number of ether oxygens (including phenoxy) is 4. The van der Waals surface area contributed by atoms with Gasteiger partial charge < -0.3 is 29.6 Å². The fraction of sp³-hybridized carbons (Fsp3) is 0.852. The minimum absolute atomic E-state index is 0.0256. The lowest BCUT2D eigenvalue weighted by Crippen LogP contribution is -2.31. The Kier molecular flexibility index (Phi) is 24.4. The lowest BCUT2D eigenvalue weighted by Gasteiger charge is -2.09. The summed E-state index contributed by atoms with van der Waals surface area (Å²) in [5, 5.41) is 5.48. The van der Waals surface area contributed by atoms with Crippen LogP contribution in [0.3, 0.4) is 0 Å². The van der Waals surface area contributed by atoms with E-state index in [2.05, 4.69) is 17.6 Å². The Bertz CT molecular complexity index is 615. The lowest BCUT2D eigenvalue weighted by molar-refractivity contribution is -0.127. The number of unbranched alkanes of at least 4 members (excludes halogenated alkanes) is 3. The standard InChI is InChI=1S/C27H50N2O8/c1-4-5-6-11-25(31)12-9-15-34-17-19-36-22-27(33)29-14-16-35-18-20-37-21-26(32)28-13-8-7-10-23(2)24(3)30/h23H,4-22H2,1-3H3,(H,28,32)(H,29,33)/t23-/m0/s1. The number of Topliss-reactive ketones (excluding diaryl/α,β-unsaturated/α-hetero) is 2. The van der Waals surface area contributed by atoms with Crippen LogP contribution in [-0.4, -0.2) is 89.3 Å². The first kappa shape index (κ1) is 35.1. The number of rotatable bonds is 27. The molecule has 1 atom stereocenters. The molecule has 0 spiro atoms. The molecule has 0 fully saturated rings. The summed E-state index contributed by atoms with van der Waals surface area (Å²) in [5.41, 5.74) is 0. The minimum Gasteiger partial charge on any atom is -0.379 e. The summed E-state index contributed by atoms with van der Waals surface area (Å²) in [7, 11) is 0. The van der Waals surface area contributed by atoms with Crippen molar-refractivity contribution in [3.63, 3.8) is 0 Å². The molecule has 0 aromatic heterocycles. The van der Waals surface area contributed by atoms with Gasteiger partial charge in [-0.2, -0.15) is 0 Å². The zero-order valence-corrected chi connectivity index (χ0v) is 23.3. The van der Waals surface area contributed by atoms with Crippen LogP contribution in [0.5, 0.6) is 0 Å². The fourth-order valence-corrected chi connectivity index (χ4v) is 3.21. The van der Waals surface area contributed by atoms with Crippen LogP contribution in [0.25, 0.3) is 0 Å². The number of amides is 2. The fourth-order valence-electron chi connectivity index (χ4n) is 3.21. The van der Waals surface area contributed by atoms with Crippen LogP contribution < -0.4 is 10.6 Å². The molecule has 0 aromatic rings. The zero-order valence-electron chi connectivity index (χ0n) is 23.3. The van der Waals surface area contributed by atoms with Crippen LogP contribution in [0.1, 0.15) is 78.6 Å². The van der Waals surface area contributed by atoms with Gasteiger partial charge in [-0.1, -0.05) is 33.1 Å². The maximum atomic E-state index is 11.7.